The third-order valence-electron chi connectivity index (χ3n) is 5.39. The molecule has 9 nitrogen and oxygen atoms in total. The van der Waals surface area contributed by atoms with Gasteiger partial charge in [0.25, 0.3) is 0 Å². The molecule has 0 unspecified atom stereocenters. The van der Waals surface area contributed by atoms with Crippen LogP contribution in [-0.4, -0.2) is 67.3 Å². The van der Waals surface area contributed by atoms with Gasteiger partial charge in [0.1, 0.15) is 0 Å². The normalized spacial score (nSPS) is 23.5. The zero-order chi connectivity index (χ0) is 20.8. The average molecular weight is 401 g/mol. The molecule has 3 atom stereocenters. The molecule has 0 saturated carbocycles. The fourth-order valence-electron chi connectivity index (χ4n) is 3.81. The Bertz CT molecular complexity index is 767. The highest BCUT2D eigenvalue weighted by atomic mass is 16.5. The van der Waals surface area contributed by atoms with Crippen LogP contribution in [-0.2, 0) is 9.53 Å². The second kappa shape index (κ2) is 9.51. The van der Waals surface area contributed by atoms with E-state index in [0.29, 0.717) is 24.3 Å². The van der Waals surface area contributed by atoms with Crippen molar-refractivity contribution in [3.05, 3.63) is 29.8 Å². The van der Waals surface area contributed by atoms with Gasteiger partial charge in [0, 0.05) is 31.0 Å². The van der Waals surface area contributed by atoms with Crippen LogP contribution in [0, 0.1) is 5.41 Å². The van der Waals surface area contributed by atoms with Crippen LogP contribution in [0.4, 0.5) is 10.5 Å². The van der Waals surface area contributed by atoms with E-state index in [0.717, 1.165) is 25.7 Å². The van der Waals surface area contributed by atoms with Gasteiger partial charge in [0.05, 0.1) is 24.8 Å². The summed E-state index contributed by atoms with van der Waals surface area (Å²) in [6.45, 7) is 1.11. The third-order valence-corrected chi connectivity index (χ3v) is 5.39. The Morgan fingerprint density at radius 2 is 2.00 bits per heavy atom. The number of nitrogens with zero attached hydrogens (tertiary/aromatic N) is 1. The molecule has 0 bridgehead atoms. The van der Waals surface area contributed by atoms with E-state index >= 15 is 0 Å². The summed E-state index contributed by atoms with van der Waals surface area (Å²) in [5.74, 6) is -0.382. The molecule has 4 N–H and O–H groups in total. The van der Waals surface area contributed by atoms with E-state index in [-0.39, 0.29) is 30.1 Å². The summed E-state index contributed by atoms with van der Waals surface area (Å²) in [5, 5.41) is 16.3. The van der Waals surface area contributed by atoms with Gasteiger partial charge in [0.15, 0.2) is 0 Å². The number of ether oxygens (including phenoxy) is 1. The van der Waals surface area contributed by atoms with Crippen LogP contribution in [0.15, 0.2) is 24.3 Å². The van der Waals surface area contributed by atoms with E-state index in [1.165, 1.54) is 13.3 Å². The van der Waals surface area contributed by atoms with Gasteiger partial charge < -0.3 is 31.0 Å². The number of rotatable bonds is 6. The number of likely N-dealkylation sites (tertiary alicyclic amines) is 1. The standard InChI is InChI=1S/C20H27N5O4/c1-29-19(27)13-4-6-14(7-5-13)24-20(28)22-12-15-8-9-17(23-15)18(26)25-10-2-3-16(25)11-21/h4-7,11,15-17,21,23H,2-3,8-10,12H2,1H3,(H2,22,24,28)/t15-,16+,17+/m1/s1. The van der Waals surface area contributed by atoms with Gasteiger partial charge in [-0.15, -0.1) is 0 Å². The number of amides is 3. The molecule has 1 aromatic carbocycles. The first-order chi connectivity index (χ1) is 14.0. The van der Waals surface area contributed by atoms with Crippen LogP contribution in [0.5, 0.6) is 0 Å². The van der Waals surface area contributed by atoms with Crippen molar-refractivity contribution in [2.24, 2.45) is 0 Å². The minimum Gasteiger partial charge on any atom is -0.465 e. The lowest BCUT2D eigenvalue weighted by Gasteiger charge is -2.25. The first kappa shape index (κ1) is 20.8. The number of benzene rings is 1. The predicted molar refractivity (Wildman–Crippen MR) is 108 cm³/mol. The first-order valence-electron chi connectivity index (χ1n) is 9.82. The Morgan fingerprint density at radius 3 is 2.69 bits per heavy atom. The molecule has 0 aliphatic carbocycles. The molecule has 2 fully saturated rings. The number of urea groups is 1. The molecule has 1 aromatic rings. The number of esters is 1. The van der Waals surface area contributed by atoms with Gasteiger partial charge in [-0.05, 0) is 49.9 Å². The first-order valence-corrected chi connectivity index (χ1v) is 9.82. The molecule has 2 aliphatic heterocycles. The number of carbonyl (C=O) groups excluding carboxylic acids is 3. The zero-order valence-electron chi connectivity index (χ0n) is 16.4. The number of methoxy groups -OCH3 is 1. The van der Waals surface area contributed by atoms with E-state index in [4.69, 9.17) is 5.41 Å². The van der Waals surface area contributed by atoms with Crippen molar-refractivity contribution in [3.8, 4) is 0 Å². The van der Waals surface area contributed by atoms with Gasteiger partial charge >= 0.3 is 12.0 Å². The lowest BCUT2D eigenvalue weighted by atomic mass is 10.1. The highest BCUT2D eigenvalue weighted by Crippen LogP contribution is 2.21. The summed E-state index contributed by atoms with van der Waals surface area (Å²) in [4.78, 5) is 38.0. The van der Waals surface area contributed by atoms with Crippen molar-refractivity contribution < 1.29 is 19.1 Å². The molecule has 3 rings (SSSR count). The molecule has 0 spiro atoms. The fourth-order valence-corrected chi connectivity index (χ4v) is 3.81. The molecular weight excluding hydrogens is 374 g/mol. The maximum atomic E-state index is 12.7. The summed E-state index contributed by atoms with van der Waals surface area (Å²) in [5.41, 5.74) is 0.974. The lowest BCUT2D eigenvalue weighted by molar-refractivity contribution is -0.132. The Balaban J connectivity index is 1.42. The number of nitrogens with one attached hydrogen (secondary N) is 4. The molecule has 2 aliphatic rings. The molecule has 0 aromatic heterocycles. The number of anilines is 1. The topological polar surface area (TPSA) is 124 Å². The van der Waals surface area contributed by atoms with Crippen LogP contribution in [0.2, 0.25) is 0 Å². The van der Waals surface area contributed by atoms with Crippen molar-refractivity contribution in [3.63, 3.8) is 0 Å². The molecule has 29 heavy (non-hydrogen) atoms. The van der Waals surface area contributed by atoms with Crippen molar-refractivity contribution >= 4 is 29.8 Å². The van der Waals surface area contributed by atoms with Crippen molar-refractivity contribution in [1.82, 2.24) is 15.5 Å². The van der Waals surface area contributed by atoms with Gasteiger partial charge in [-0.1, -0.05) is 0 Å². The lowest BCUT2D eigenvalue weighted by Crippen LogP contribution is -2.49. The zero-order valence-corrected chi connectivity index (χ0v) is 16.4. The van der Waals surface area contributed by atoms with E-state index in [1.807, 2.05) is 0 Å². The van der Waals surface area contributed by atoms with E-state index in [2.05, 4.69) is 20.7 Å². The van der Waals surface area contributed by atoms with Gasteiger partial charge in [0.2, 0.25) is 5.91 Å². The smallest absolute Gasteiger partial charge is 0.337 e. The van der Waals surface area contributed by atoms with Crippen molar-refractivity contribution in [2.75, 3.05) is 25.5 Å². The van der Waals surface area contributed by atoms with Crippen LogP contribution in [0.3, 0.4) is 0 Å². The number of carbonyl (C=O) groups is 3. The molecular formula is C20H27N5O4. The van der Waals surface area contributed by atoms with Gasteiger partial charge in [-0.2, -0.15) is 0 Å². The molecule has 3 amide bonds. The molecule has 2 heterocycles. The Kier molecular flexibility index (Phi) is 6.82. The Morgan fingerprint density at radius 1 is 1.24 bits per heavy atom. The SMILES string of the molecule is COC(=O)c1ccc(NC(=O)NC[C@H]2CC[C@@H](C(=O)N3CCC[C@H]3C=N)N2)cc1. The van der Waals surface area contributed by atoms with Gasteiger partial charge in [-0.3, -0.25) is 4.79 Å². The summed E-state index contributed by atoms with van der Waals surface area (Å²) >= 11 is 0. The minimum atomic E-state index is -0.432. The average Bonchev–Trinajstić information content (AvgIpc) is 3.41. The third kappa shape index (κ3) is 5.11. The highest BCUT2D eigenvalue weighted by molar-refractivity contribution is 5.92. The van der Waals surface area contributed by atoms with Crippen LogP contribution in [0.1, 0.15) is 36.0 Å². The summed E-state index contributed by atoms with van der Waals surface area (Å²) in [6.07, 6.45) is 4.66. The molecule has 9 heteroatoms. The van der Waals surface area contributed by atoms with Crippen LogP contribution in [0.25, 0.3) is 0 Å². The number of hydrogen-bond acceptors (Lipinski definition) is 6. The van der Waals surface area contributed by atoms with E-state index < -0.39 is 5.97 Å². The highest BCUT2D eigenvalue weighted by Gasteiger charge is 2.36. The van der Waals surface area contributed by atoms with E-state index in [9.17, 15) is 14.4 Å². The van der Waals surface area contributed by atoms with E-state index in [1.54, 1.807) is 29.2 Å². The largest absolute Gasteiger partial charge is 0.465 e. The molecule has 0 radical (unpaired) electrons. The summed E-state index contributed by atoms with van der Waals surface area (Å²) in [7, 11) is 1.31. The monoisotopic (exact) mass is 401 g/mol. The second-order valence-electron chi connectivity index (χ2n) is 7.31. The Hall–Kier alpha value is -2.94. The maximum Gasteiger partial charge on any atom is 0.337 e. The summed E-state index contributed by atoms with van der Waals surface area (Å²) in [6, 6.07) is 5.75. The minimum absolute atomic E-state index is 0.0254. The molecule has 156 valence electrons. The maximum absolute atomic E-state index is 12.7. The van der Waals surface area contributed by atoms with Gasteiger partial charge in [-0.25, -0.2) is 9.59 Å². The second-order valence-corrected chi connectivity index (χ2v) is 7.31. The number of hydrogen-bond donors (Lipinski definition) is 4. The quantitative estimate of drug-likeness (QED) is 0.423. The molecule has 2 saturated heterocycles. The Labute approximate surface area is 169 Å². The van der Waals surface area contributed by atoms with Crippen LogP contribution < -0.4 is 16.0 Å². The fraction of sp³-hybridized carbons (Fsp3) is 0.500. The van der Waals surface area contributed by atoms with Crippen LogP contribution >= 0.6 is 0 Å². The predicted octanol–water partition coefficient (Wildman–Crippen LogP) is 1.36. The van der Waals surface area contributed by atoms with Crippen molar-refractivity contribution in [1.29, 1.82) is 5.41 Å². The van der Waals surface area contributed by atoms with Crippen molar-refractivity contribution in [2.45, 2.75) is 43.8 Å². The summed E-state index contributed by atoms with van der Waals surface area (Å²) < 4.78 is 4.64.